The summed E-state index contributed by atoms with van der Waals surface area (Å²) in [6.45, 7) is 15.3. The van der Waals surface area contributed by atoms with Crippen molar-refractivity contribution < 1.29 is 14.4 Å². The summed E-state index contributed by atoms with van der Waals surface area (Å²) in [6, 6.07) is 13.7. The van der Waals surface area contributed by atoms with Gasteiger partial charge in [0.2, 0.25) is 5.91 Å². The second-order valence-electron chi connectivity index (χ2n) is 11.5. The maximum absolute atomic E-state index is 13.1. The first-order chi connectivity index (χ1) is 19.4. The molecule has 1 saturated heterocycles. The molecule has 4 rings (SSSR count). The van der Waals surface area contributed by atoms with Crippen LogP contribution in [0, 0.1) is 12.3 Å². The van der Waals surface area contributed by atoms with E-state index in [0.717, 1.165) is 26.8 Å². The van der Waals surface area contributed by atoms with Crippen molar-refractivity contribution in [2.75, 3.05) is 31.5 Å². The minimum atomic E-state index is -0.202. The number of thiazole rings is 1. The molecule has 0 aliphatic carbocycles. The highest BCUT2D eigenvalue weighted by molar-refractivity contribution is 8.01. The molecule has 0 spiro atoms. The molecule has 2 N–H and O–H groups in total. The maximum atomic E-state index is 13.1. The van der Waals surface area contributed by atoms with E-state index in [-0.39, 0.29) is 23.1 Å². The third kappa shape index (κ3) is 8.18. The van der Waals surface area contributed by atoms with Crippen molar-refractivity contribution in [3.05, 3.63) is 70.9 Å². The van der Waals surface area contributed by atoms with Gasteiger partial charge in [0.05, 0.1) is 10.4 Å². The molecule has 0 radical (unpaired) electrons. The lowest BCUT2D eigenvalue weighted by molar-refractivity contribution is -0.130. The van der Waals surface area contributed by atoms with Gasteiger partial charge in [-0.3, -0.25) is 19.7 Å². The van der Waals surface area contributed by atoms with Gasteiger partial charge in [0, 0.05) is 61.7 Å². The minimum absolute atomic E-state index is 0.0298. The summed E-state index contributed by atoms with van der Waals surface area (Å²) < 4.78 is 0.914. The summed E-state index contributed by atoms with van der Waals surface area (Å²) in [4.78, 5) is 46.5. The molecule has 1 aliphatic rings. The summed E-state index contributed by atoms with van der Waals surface area (Å²) >= 11 is 2.92. The Kier molecular flexibility index (Phi) is 9.88. The Balaban J connectivity index is 1.34. The lowest BCUT2D eigenvalue weighted by Crippen LogP contribution is -2.50. The Morgan fingerprint density at radius 2 is 1.63 bits per heavy atom. The highest BCUT2D eigenvalue weighted by atomic mass is 32.2. The SMILES string of the molecule is CC(=O)N1CCN(C(=O)c2ccc(C)c(Sc3cnc(NC(=O)c4ccc(CNC(C)C(C)(C)C)cc4)s3)c2)CC1. The van der Waals surface area contributed by atoms with Gasteiger partial charge in [-0.1, -0.05) is 62.1 Å². The van der Waals surface area contributed by atoms with E-state index in [0.29, 0.717) is 48.5 Å². The van der Waals surface area contributed by atoms with Gasteiger partial charge in [-0.15, -0.1) is 0 Å². The van der Waals surface area contributed by atoms with Crippen molar-refractivity contribution in [3.63, 3.8) is 0 Å². The molecule has 1 aliphatic heterocycles. The van der Waals surface area contributed by atoms with Gasteiger partial charge >= 0.3 is 0 Å². The number of hydrogen-bond donors (Lipinski definition) is 2. The Labute approximate surface area is 250 Å². The van der Waals surface area contributed by atoms with Crippen molar-refractivity contribution in [3.8, 4) is 0 Å². The Bertz CT molecular complexity index is 1390. The number of nitrogens with one attached hydrogen (secondary N) is 2. The largest absolute Gasteiger partial charge is 0.339 e. The number of carbonyl (C=O) groups excluding carboxylic acids is 3. The molecule has 2 heterocycles. The number of benzene rings is 2. The van der Waals surface area contributed by atoms with Crippen LogP contribution in [0.2, 0.25) is 0 Å². The van der Waals surface area contributed by atoms with Crippen LogP contribution in [0.1, 0.15) is 66.5 Å². The molecule has 10 heteroatoms. The number of rotatable bonds is 8. The first kappa shape index (κ1) is 30.7. The van der Waals surface area contributed by atoms with Crippen LogP contribution in [0.5, 0.6) is 0 Å². The van der Waals surface area contributed by atoms with Crippen molar-refractivity contribution in [1.29, 1.82) is 0 Å². The molecular formula is C31H39N5O3S2. The zero-order valence-corrected chi connectivity index (χ0v) is 26.2. The average molecular weight is 594 g/mol. The fraction of sp³-hybridized carbons (Fsp3) is 0.419. The second-order valence-corrected chi connectivity index (χ2v) is 13.9. The summed E-state index contributed by atoms with van der Waals surface area (Å²) in [5.41, 5.74) is 3.56. The molecule has 1 atom stereocenters. The molecule has 218 valence electrons. The molecule has 1 unspecified atom stereocenters. The van der Waals surface area contributed by atoms with Crippen LogP contribution in [0.25, 0.3) is 0 Å². The van der Waals surface area contributed by atoms with E-state index in [4.69, 9.17) is 0 Å². The van der Waals surface area contributed by atoms with Crippen molar-refractivity contribution in [1.82, 2.24) is 20.1 Å². The van der Waals surface area contributed by atoms with Crippen molar-refractivity contribution in [2.24, 2.45) is 5.41 Å². The van der Waals surface area contributed by atoms with Crippen LogP contribution in [0.15, 0.2) is 57.8 Å². The maximum Gasteiger partial charge on any atom is 0.257 e. The molecule has 3 amide bonds. The van der Waals surface area contributed by atoms with E-state index in [1.807, 2.05) is 49.4 Å². The van der Waals surface area contributed by atoms with Crippen LogP contribution in [-0.2, 0) is 11.3 Å². The van der Waals surface area contributed by atoms with Gasteiger partial charge in [0.15, 0.2) is 5.13 Å². The lowest BCUT2D eigenvalue weighted by atomic mass is 9.88. The summed E-state index contributed by atoms with van der Waals surface area (Å²) in [5.74, 6) is -0.191. The summed E-state index contributed by atoms with van der Waals surface area (Å²) in [5, 5.41) is 6.97. The predicted molar refractivity (Wildman–Crippen MR) is 166 cm³/mol. The molecule has 2 aromatic carbocycles. The van der Waals surface area contributed by atoms with Gasteiger partial charge in [-0.2, -0.15) is 0 Å². The third-order valence-electron chi connectivity index (χ3n) is 7.49. The smallest absolute Gasteiger partial charge is 0.257 e. The quantitative estimate of drug-likeness (QED) is 0.349. The van der Waals surface area contributed by atoms with E-state index in [9.17, 15) is 14.4 Å². The van der Waals surface area contributed by atoms with E-state index < -0.39 is 0 Å². The minimum Gasteiger partial charge on any atom is -0.339 e. The van der Waals surface area contributed by atoms with Gasteiger partial charge < -0.3 is 15.1 Å². The van der Waals surface area contributed by atoms with Gasteiger partial charge in [0.1, 0.15) is 0 Å². The number of anilines is 1. The highest BCUT2D eigenvalue weighted by Crippen LogP contribution is 2.36. The van der Waals surface area contributed by atoms with Crippen molar-refractivity contribution >= 4 is 46.0 Å². The topological polar surface area (TPSA) is 94.6 Å². The number of aryl methyl sites for hydroxylation is 1. The lowest BCUT2D eigenvalue weighted by Gasteiger charge is -2.34. The Hall–Kier alpha value is -3.21. The number of carbonyl (C=O) groups is 3. The van der Waals surface area contributed by atoms with Crippen LogP contribution in [-0.4, -0.2) is 64.7 Å². The van der Waals surface area contributed by atoms with Gasteiger partial charge in [-0.25, -0.2) is 4.98 Å². The second kappa shape index (κ2) is 13.2. The fourth-order valence-corrected chi connectivity index (χ4v) is 6.20. The summed E-state index contributed by atoms with van der Waals surface area (Å²) in [7, 11) is 0. The molecule has 0 bridgehead atoms. The number of piperazine rings is 1. The molecule has 1 aromatic heterocycles. The van der Waals surface area contributed by atoms with Crippen LogP contribution in [0.4, 0.5) is 5.13 Å². The predicted octanol–water partition coefficient (Wildman–Crippen LogP) is 5.68. The molecule has 41 heavy (non-hydrogen) atoms. The normalized spacial score (nSPS) is 14.6. The van der Waals surface area contributed by atoms with E-state index in [1.54, 1.807) is 22.9 Å². The molecule has 0 saturated carbocycles. The van der Waals surface area contributed by atoms with E-state index in [2.05, 4.69) is 43.3 Å². The summed E-state index contributed by atoms with van der Waals surface area (Å²) in [6.07, 6.45) is 1.74. The first-order valence-electron chi connectivity index (χ1n) is 13.8. The number of hydrogen-bond acceptors (Lipinski definition) is 7. The standard InChI is InChI=1S/C31H39N5O3S2/c1-20-7-10-25(29(39)36-15-13-35(14-16-36)22(3)37)17-26(20)40-27-19-33-30(41-27)34-28(38)24-11-8-23(9-12-24)18-32-21(2)31(4,5)6/h7-12,17,19,21,32H,13-16,18H2,1-6H3,(H,33,34,38). The zero-order valence-electron chi connectivity index (χ0n) is 24.6. The van der Waals surface area contributed by atoms with Crippen molar-refractivity contribution in [2.45, 2.75) is 63.2 Å². The van der Waals surface area contributed by atoms with Crippen LogP contribution < -0.4 is 10.6 Å². The van der Waals surface area contributed by atoms with Crippen LogP contribution >= 0.6 is 23.1 Å². The molecule has 3 aromatic rings. The molecule has 1 fully saturated rings. The molecule has 8 nitrogen and oxygen atoms in total. The fourth-order valence-electron chi connectivity index (χ4n) is 4.24. The van der Waals surface area contributed by atoms with E-state index >= 15 is 0 Å². The first-order valence-corrected chi connectivity index (χ1v) is 15.5. The third-order valence-corrected chi connectivity index (χ3v) is 9.66. The number of amides is 3. The Morgan fingerprint density at radius 3 is 2.27 bits per heavy atom. The van der Waals surface area contributed by atoms with Gasteiger partial charge in [-0.05, 0) is 54.7 Å². The van der Waals surface area contributed by atoms with E-state index in [1.165, 1.54) is 23.1 Å². The number of nitrogens with zero attached hydrogens (tertiary/aromatic N) is 3. The van der Waals surface area contributed by atoms with Gasteiger partial charge in [0.25, 0.3) is 11.8 Å². The van der Waals surface area contributed by atoms with Crippen LogP contribution in [0.3, 0.4) is 0 Å². The highest BCUT2D eigenvalue weighted by Gasteiger charge is 2.24. The monoisotopic (exact) mass is 593 g/mol. The molecular weight excluding hydrogens is 555 g/mol. The zero-order chi connectivity index (χ0) is 29.7. The average Bonchev–Trinajstić information content (AvgIpc) is 3.38. The Morgan fingerprint density at radius 1 is 1.00 bits per heavy atom. The number of aromatic nitrogens is 1.